The summed E-state index contributed by atoms with van der Waals surface area (Å²) in [6.07, 6.45) is 0.0395. The van der Waals surface area contributed by atoms with Crippen LogP contribution in [0.25, 0.3) is 0 Å². The first-order valence-electron chi connectivity index (χ1n) is 5.25. The lowest BCUT2D eigenvalue weighted by Gasteiger charge is -2.14. The highest BCUT2D eigenvalue weighted by molar-refractivity contribution is 5.34. The normalized spacial score (nSPS) is 13.3. The molecule has 0 saturated heterocycles. The van der Waals surface area contributed by atoms with Crippen LogP contribution in [0.15, 0.2) is 43.0 Å². The third-order valence-electron chi connectivity index (χ3n) is 2.06. The van der Waals surface area contributed by atoms with Gasteiger partial charge in [0.2, 0.25) is 0 Å². The van der Waals surface area contributed by atoms with Crippen LogP contribution in [-0.2, 0) is 9.47 Å². The molecule has 0 aliphatic rings. The van der Waals surface area contributed by atoms with E-state index in [0.29, 0.717) is 0 Å². The van der Waals surface area contributed by atoms with E-state index in [1.807, 2.05) is 30.3 Å². The molecule has 17 heavy (non-hydrogen) atoms. The summed E-state index contributed by atoms with van der Waals surface area (Å²) >= 11 is 0. The number of aliphatic hydroxyl groups is 1. The zero-order valence-electron chi connectivity index (χ0n) is 9.80. The van der Waals surface area contributed by atoms with Gasteiger partial charge in [-0.05, 0) is 12.1 Å². The van der Waals surface area contributed by atoms with Gasteiger partial charge in [0.05, 0.1) is 0 Å². The van der Waals surface area contributed by atoms with Gasteiger partial charge in [-0.1, -0.05) is 36.1 Å². The Labute approximate surface area is 102 Å². The number of methoxy groups -OCH3 is 1. The molecule has 0 saturated carbocycles. The molecule has 1 rings (SSSR count). The molecule has 0 unspecified atom stereocenters. The number of aliphatic hydroxyl groups excluding tert-OH is 1. The molecule has 1 aromatic rings. The fraction of sp³-hybridized carbons (Fsp3) is 0.286. The van der Waals surface area contributed by atoms with Crippen LogP contribution in [-0.4, -0.2) is 31.2 Å². The van der Waals surface area contributed by atoms with Crippen LogP contribution in [0.4, 0.5) is 0 Å². The summed E-state index contributed by atoms with van der Waals surface area (Å²) in [5, 5.41) is 9.77. The monoisotopic (exact) mass is 232 g/mol. The Kier molecular flexibility index (Phi) is 6.05. The first kappa shape index (κ1) is 13.5. The maximum atomic E-state index is 9.77. The fourth-order valence-corrected chi connectivity index (χ4v) is 1.20. The Morgan fingerprint density at radius 3 is 2.71 bits per heavy atom. The van der Waals surface area contributed by atoms with E-state index in [9.17, 15) is 5.11 Å². The molecule has 0 spiro atoms. The lowest BCUT2D eigenvalue weighted by atomic mass is 10.1. The lowest BCUT2D eigenvalue weighted by molar-refractivity contribution is -0.0814. The maximum absolute atomic E-state index is 9.77. The van der Waals surface area contributed by atoms with Crippen molar-refractivity contribution < 1.29 is 14.6 Å². The highest BCUT2D eigenvalue weighted by Crippen LogP contribution is 2.01. The maximum Gasteiger partial charge on any atom is 0.147 e. The average molecular weight is 232 g/mol. The van der Waals surface area contributed by atoms with Gasteiger partial charge in [0.1, 0.15) is 19.0 Å². The molecule has 2 atom stereocenters. The number of ether oxygens (including phenoxy) is 2. The molecular formula is C14H16O3. The van der Waals surface area contributed by atoms with E-state index in [0.717, 1.165) is 5.56 Å². The SMILES string of the molecule is C=C[C@@H](OCOC)[C@H](O)C#Cc1ccccc1. The number of benzene rings is 1. The summed E-state index contributed by atoms with van der Waals surface area (Å²) in [6.45, 7) is 3.68. The molecule has 0 aromatic heterocycles. The minimum absolute atomic E-state index is 0.0980. The summed E-state index contributed by atoms with van der Waals surface area (Å²) in [5.74, 6) is 5.58. The van der Waals surface area contributed by atoms with Gasteiger partial charge in [0.25, 0.3) is 0 Å². The Morgan fingerprint density at radius 1 is 1.41 bits per heavy atom. The largest absolute Gasteiger partial charge is 0.377 e. The van der Waals surface area contributed by atoms with Crippen molar-refractivity contribution >= 4 is 0 Å². The highest BCUT2D eigenvalue weighted by atomic mass is 16.7. The Bertz CT molecular complexity index is 389. The zero-order valence-corrected chi connectivity index (χ0v) is 9.80. The van der Waals surface area contributed by atoms with E-state index in [1.165, 1.54) is 13.2 Å². The van der Waals surface area contributed by atoms with Crippen LogP contribution in [0, 0.1) is 11.8 Å². The van der Waals surface area contributed by atoms with Gasteiger partial charge in [-0.25, -0.2) is 0 Å². The van der Waals surface area contributed by atoms with E-state index in [-0.39, 0.29) is 6.79 Å². The second-order valence-electron chi connectivity index (χ2n) is 3.35. The van der Waals surface area contributed by atoms with E-state index in [1.54, 1.807) is 0 Å². The molecule has 1 aromatic carbocycles. The van der Waals surface area contributed by atoms with Crippen molar-refractivity contribution in [1.82, 2.24) is 0 Å². The molecular weight excluding hydrogens is 216 g/mol. The minimum atomic E-state index is -0.914. The van der Waals surface area contributed by atoms with Crippen molar-refractivity contribution in [2.45, 2.75) is 12.2 Å². The van der Waals surface area contributed by atoms with Crippen LogP contribution in [0.3, 0.4) is 0 Å². The van der Waals surface area contributed by atoms with Crippen molar-refractivity contribution in [2.75, 3.05) is 13.9 Å². The molecule has 0 fully saturated rings. The van der Waals surface area contributed by atoms with Gasteiger partial charge in [-0.3, -0.25) is 0 Å². The van der Waals surface area contributed by atoms with Gasteiger partial charge in [0.15, 0.2) is 0 Å². The quantitative estimate of drug-likeness (QED) is 0.476. The number of rotatable bonds is 5. The predicted octanol–water partition coefficient (Wildman–Crippen LogP) is 1.57. The molecule has 0 radical (unpaired) electrons. The molecule has 0 aliphatic carbocycles. The van der Waals surface area contributed by atoms with Crippen molar-refractivity contribution in [3.05, 3.63) is 48.6 Å². The minimum Gasteiger partial charge on any atom is -0.377 e. The first-order chi connectivity index (χ1) is 8.27. The van der Waals surface area contributed by atoms with E-state index in [4.69, 9.17) is 9.47 Å². The summed E-state index contributed by atoms with van der Waals surface area (Å²) < 4.78 is 9.96. The van der Waals surface area contributed by atoms with Crippen molar-refractivity contribution in [3.63, 3.8) is 0 Å². The average Bonchev–Trinajstić information content (AvgIpc) is 2.38. The van der Waals surface area contributed by atoms with Gasteiger partial charge >= 0.3 is 0 Å². The molecule has 1 N–H and O–H groups in total. The second-order valence-corrected chi connectivity index (χ2v) is 3.35. The van der Waals surface area contributed by atoms with Gasteiger partial charge in [0, 0.05) is 12.7 Å². The summed E-state index contributed by atoms with van der Waals surface area (Å²) in [4.78, 5) is 0. The lowest BCUT2D eigenvalue weighted by Crippen LogP contribution is -2.26. The number of hydrogen-bond donors (Lipinski definition) is 1. The standard InChI is InChI=1S/C14H16O3/c1-3-14(17-11-16-2)13(15)10-9-12-7-5-4-6-8-12/h3-8,13-15H,1,11H2,2H3/t13-,14-/m1/s1. The summed E-state index contributed by atoms with van der Waals surface area (Å²) in [5.41, 5.74) is 0.848. The third-order valence-corrected chi connectivity index (χ3v) is 2.06. The molecule has 3 nitrogen and oxygen atoms in total. The van der Waals surface area contributed by atoms with Gasteiger partial charge < -0.3 is 14.6 Å². The topological polar surface area (TPSA) is 38.7 Å². The summed E-state index contributed by atoms with van der Waals surface area (Å²) in [6, 6.07) is 9.44. The van der Waals surface area contributed by atoms with Crippen molar-refractivity contribution in [1.29, 1.82) is 0 Å². The van der Waals surface area contributed by atoms with Crippen LogP contribution < -0.4 is 0 Å². The van der Waals surface area contributed by atoms with E-state index < -0.39 is 12.2 Å². The number of hydrogen-bond acceptors (Lipinski definition) is 3. The van der Waals surface area contributed by atoms with Crippen LogP contribution >= 0.6 is 0 Å². The molecule has 0 aliphatic heterocycles. The smallest absolute Gasteiger partial charge is 0.147 e. The third kappa shape index (κ3) is 4.83. The van der Waals surface area contributed by atoms with Gasteiger partial charge in [-0.2, -0.15) is 0 Å². The van der Waals surface area contributed by atoms with E-state index in [2.05, 4.69) is 18.4 Å². The van der Waals surface area contributed by atoms with E-state index >= 15 is 0 Å². The molecule has 0 bridgehead atoms. The highest BCUT2D eigenvalue weighted by Gasteiger charge is 2.13. The Morgan fingerprint density at radius 2 is 2.12 bits per heavy atom. The molecule has 3 heteroatoms. The predicted molar refractivity (Wildman–Crippen MR) is 66.3 cm³/mol. The van der Waals surface area contributed by atoms with Crippen LogP contribution in [0.1, 0.15) is 5.56 Å². The summed E-state index contributed by atoms with van der Waals surface area (Å²) in [7, 11) is 1.52. The Balaban J connectivity index is 2.61. The molecule has 0 heterocycles. The molecule has 0 amide bonds. The zero-order chi connectivity index (χ0) is 12.5. The van der Waals surface area contributed by atoms with Crippen molar-refractivity contribution in [2.24, 2.45) is 0 Å². The van der Waals surface area contributed by atoms with Crippen LogP contribution in [0.5, 0.6) is 0 Å². The fourth-order valence-electron chi connectivity index (χ4n) is 1.20. The van der Waals surface area contributed by atoms with Crippen LogP contribution in [0.2, 0.25) is 0 Å². The first-order valence-corrected chi connectivity index (χ1v) is 5.25. The van der Waals surface area contributed by atoms with Gasteiger partial charge in [-0.15, -0.1) is 6.58 Å². The van der Waals surface area contributed by atoms with Crippen molar-refractivity contribution in [3.8, 4) is 11.8 Å². The molecule has 90 valence electrons. The Hall–Kier alpha value is -1.60. The second kappa shape index (κ2) is 7.64.